The minimum Gasteiger partial charge on any atom is -0.507 e. The number of phenols is 1. The summed E-state index contributed by atoms with van der Waals surface area (Å²) < 4.78 is 0. The lowest BCUT2D eigenvalue weighted by atomic mass is 10.1. The Bertz CT molecular complexity index is 1280. The predicted molar refractivity (Wildman–Crippen MR) is 129 cm³/mol. The van der Waals surface area contributed by atoms with Crippen LogP contribution in [0.5, 0.6) is 5.75 Å². The fraction of sp³-hybridized carbons (Fsp3) is 0.391. The van der Waals surface area contributed by atoms with E-state index in [9.17, 15) is 19.5 Å². The van der Waals surface area contributed by atoms with E-state index in [1.54, 1.807) is 39.3 Å². The molecule has 5 rings (SSSR count). The molecule has 0 atom stereocenters. The van der Waals surface area contributed by atoms with E-state index in [1.807, 2.05) is 0 Å². The van der Waals surface area contributed by atoms with Crippen molar-refractivity contribution in [2.45, 2.75) is 25.0 Å². The summed E-state index contributed by atoms with van der Waals surface area (Å²) in [6, 6.07) is 6.49. The number of H-pyrrole nitrogens is 1. The van der Waals surface area contributed by atoms with E-state index in [-0.39, 0.29) is 34.4 Å². The number of phenolic OH excluding ortho intramolecular Hbond substituents is 1. The summed E-state index contributed by atoms with van der Waals surface area (Å²) >= 11 is 3.04. The Hall–Kier alpha value is -2.85. The maximum atomic E-state index is 12.6. The number of thiophene rings is 1. The molecule has 0 spiro atoms. The third-order valence-electron chi connectivity index (χ3n) is 6.14. The number of amides is 2. The summed E-state index contributed by atoms with van der Waals surface area (Å²) in [6.07, 6.45) is 3.08. The lowest BCUT2D eigenvalue weighted by Gasteiger charge is -2.34. The van der Waals surface area contributed by atoms with Gasteiger partial charge in [0.05, 0.1) is 22.5 Å². The fourth-order valence-corrected chi connectivity index (χ4v) is 6.50. The van der Waals surface area contributed by atoms with Crippen LogP contribution in [0.2, 0.25) is 0 Å². The van der Waals surface area contributed by atoms with Crippen LogP contribution in [0.15, 0.2) is 29.1 Å². The zero-order chi connectivity index (χ0) is 22.9. The summed E-state index contributed by atoms with van der Waals surface area (Å²) in [4.78, 5) is 50.8. The Morgan fingerprint density at radius 1 is 1.12 bits per heavy atom. The average Bonchev–Trinajstić information content (AvgIpc) is 3.40. The van der Waals surface area contributed by atoms with Gasteiger partial charge in [0.2, 0.25) is 5.91 Å². The number of benzene rings is 1. The number of piperazine rings is 1. The number of carbonyl (C=O) groups is 2. The quantitative estimate of drug-likeness (QED) is 0.576. The van der Waals surface area contributed by atoms with Gasteiger partial charge < -0.3 is 19.9 Å². The zero-order valence-corrected chi connectivity index (χ0v) is 19.6. The molecule has 2 aromatic heterocycles. The number of aromatic nitrogens is 2. The average molecular weight is 485 g/mol. The standard InChI is InChI=1S/C23H24N4O4S2/c28-16-6-2-1-4-14(16)23(31)27-10-8-26(9-11-27)19(29)13-32-12-18-24-21(30)20-15-5-3-7-17(15)33-22(20)25-18/h1-2,4,6,28H,3,5,7-13H2,(H,24,25,30). The van der Waals surface area contributed by atoms with E-state index in [2.05, 4.69) is 9.97 Å². The Morgan fingerprint density at radius 2 is 1.88 bits per heavy atom. The van der Waals surface area contributed by atoms with Crippen molar-refractivity contribution in [2.24, 2.45) is 0 Å². The van der Waals surface area contributed by atoms with Gasteiger partial charge in [-0.2, -0.15) is 0 Å². The second kappa shape index (κ2) is 9.18. The van der Waals surface area contributed by atoms with Gasteiger partial charge in [0.1, 0.15) is 16.4 Å². The SMILES string of the molecule is O=C(CSCc1nc2sc3c(c2c(=O)[nH]1)CCC3)N1CCN(C(=O)c2ccccc2O)CC1. The molecule has 0 saturated carbocycles. The van der Waals surface area contributed by atoms with Crippen LogP contribution in [0, 0.1) is 0 Å². The van der Waals surface area contributed by atoms with E-state index in [0.29, 0.717) is 37.8 Å². The summed E-state index contributed by atoms with van der Waals surface area (Å²) in [6.45, 7) is 1.78. The molecule has 172 valence electrons. The molecule has 1 saturated heterocycles. The highest BCUT2D eigenvalue weighted by Crippen LogP contribution is 2.34. The van der Waals surface area contributed by atoms with Gasteiger partial charge in [-0.15, -0.1) is 23.1 Å². The van der Waals surface area contributed by atoms with E-state index in [4.69, 9.17) is 0 Å². The van der Waals surface area contributed by atoms with Gasteiger partial charge in [-0.1, -0.05) is 12.1 Å². The van der Waals surface area contributed by atoms with Gasteiger partial charge in [0.25, 0.3) is 11.5 Å². The Labute approximate surface area is 198 Å². The van der Waals surface area contributed by atoms with E-state index < -0.39 is 0 Å². The summed E-state index contributed by atoms with van der Waals surface area (Å²) in [5, 5.41) is 10.7. The van der Waals surface area contributed by atoms with E-state index in [1.165, 1.54) is 28.3 Å². The van der Waals surface area contributed by atoms with Gasteiger partial charge in [0, 0.05) is 31.1 Å². The number of thioether (sulfide) groups is 1. The van der Waals surface area contributed by atoms with Crippen LogP contribution in [0.4, 0.5) is 0 Å². The topological polar surface area (TPSA) is 107 Å². The number of fused-ring (bicyclic) bond motifs is 3. The second-order valence-corrected chi connectivity index (χ2v) is 10.3. The third-order valence-corrected chi connectivity index (χ3v) is 8.26. The first-order valence-electron chi connectivity index (χ1n) is 11.0. The highest BCUT2D eigenvalue weighted by atomic mass is 32.2. The normalized spacial score (nSPS) is 15.8. The molecule has 3 aromatic rings. The van der Waals surface area contributed by atoms with Crippen molar-refractivity contribution in [3.63, 3.8) is 0 Å². The molecule has 2 amide bonds. The smallest absolute Gasteiger partial charge is 0.259 e. The number of para-hydroxylation sites is 1. The molecule has 2 N–H and O–H groups in total. The summed E-state index contributed by atoms with van der Waals surface area (Å²) in [7, 11) is 0. The minimum atomic E-state index is -0.223. The van der Waals surface area contributed by atoms with Crippen molar-refractivity contribution in [1.29, 1.82) is 0 Å². The number of rotatable bonds is 5. The van der Waals surface area contributed by atoms with Crippen LogP contribution in [0.1, 0.15) is 33.0 Å². The van der Waals surface area contributed by atoms with Crippen molar-refractivity contribution < 1.29 is 14.7 Å². The van der Waals surface area contributed by atoms with Gasteiger partial charge in [-0.25, -0.2) is 4.98 Å². The van der Waals surface area contributed by atoms with Crippen molar-refractivity contribution in [1.82, 2.24) is 19.8 Å². The Balaban J connectivity index is 1.13. The molecule has 10 heteroatoms. The number of carbonyl (C=O) groups excluding carboxylic acids is 2. The van der Waals surface area contributed by atoms with E-state index >= 15 is 0 Å². The molecule has 0 unspecified atom stereocenters. The number of aromatic hydroxyl groups is 1. The predicted octanol–water partition coefficient (Wildman–Crippen LogP) is 2.40. The van der Waals surface area contributed by atoms with Crippen LogP contribution >= 0.6 is 23.1 Å². The van der Waals surface area contributed by atoms with Gasteiger partial charge in [0.15, 0.2) is 0 Å². The molecule has 1 aromatic carbocycles. The number of nitrogens with zero attached hydrogens (tertiary/aromatic N) is 3. The summed E-state index contributed by atoms with van der Waals surface area (Å²) in [5.41, 5.74) is 1.37. The van der Waals surface area contributed by atoms with Crippen LogP contribution in [-0.2, 0) is 23.4 Å². The molecule has 3 heterocycles. The number of aryl methyl sites for hydroxylation is 2. The van der Waals surface area contributed by atoms with E-state index in [0.717, 1.165) is 29.5 Å². The fourth-order valence-electron chi connectivity index (χ4n) is 4.43. The molecule has 1 aliphatic heterocycles. The lowest BCUT2D eigenvalue weighted by Crippen LogP contribution is -2.51. The zero-order valence-electron chi connectivity index (χ0n) is 18.0. The van der Waals surface area contributed by atoms with Gasteiger partial charge in [-0.3, -0.25) is 14.4 Å². The van der Waals surface area contributed by atoms with Crippen LogP contribution in [0.25, 0.3) is 10.2 Å². The molecule has 0 bridgehead atoms. The molecular formula is C23H24N4O4S2. The second-order valence-electron chi connectivity index (χ2n) is 8.23. The third kappa shape index (κ3) is 4.37. The van der Waals surface area contributed by atoms with Crippen molar-refractivity contribution in [2.75, 3.05) is 31.9 Å². The first-order chi connectivity index (χ1) is 16.0. The van der Waals surface area contributed by atoms with Crippen LogP contribution in [0.3, 0.4) is 0 Å². The Morgan fingerprint density at radius 3 is 2.67 bits per heavy atom. The number of nitrogens with one attached hydrogen (secondary N) is 1. The minimum absolute atomic E-state index is 0.00758. The molecule has 33 heavy (non-hydrogen) atoms. The van der Waals surface area contributed by atoms with Crippen LogP contribution in [-0.4, -0.2) is 68.6 Å². The van der Waals surface area contributed by atoms with Crippen molar-refractivity contribution >= 4 is 45.1 Å². The first-order valence-corrected chi connectivity index (χ1v) is 12.9. The maximum absolute atomic E-state index is 12.6. The number of hydrogen-bond donors (Lipinski definition) is 2. The summed E-state index contributed by atoms with van der Waals surface area (Å²) in [5.74, 6) is 1.10. The van der Waals surface area contributed by atoms with Gasteiger partial charge >= 0.3 is 0 Å². The molecule has 1 fully saturated rings. The highest BCUT2D eigenvalue weighted by Gasteiger charge is 2.26. The molecular weight excluding hydrogens is 460 g/mol. The molecule has 8 nitrogen and oxygen atoms in total. The van der Waals surface area contributed by atoms with Crippen molar-refractivity contribution in [3.8, 4) is 5.75 Å². The molecule has 0 radical (unpaired) electrons. The number of hydrogen-bond acceptors (Lipinski definition) is 7. The monoisotopic (exact) mass is 484 g/mol. The van der Waals surface area contributed by atoms with Crippen molar-refractivity contribution in [3.05, 3.63) is 56.4 Å². The largest absolute Gasteiger partial charge is 0.507 e. The van der Waals surface area contributed by atoms with Gasteiger partial charge in [-0.05, 0) is 37.0 Å². The Kier molecular flexibility index (Phi) is 6.11. The first kappa shape index (κ1) is 22.0. The maximum Gasteiger partial charge on any atom is 0.259 e. The van der Waals surface area contributed by atoms with Crippen LogP contribution < -0.4 is 5.56 Å². The number of aromatic amines is 1. The highest BCUT2D eigenvalue weighted by molar-refractivity contribution is 7.99. The lowest BCUT2D eigenvalue weighted by molar-refractivity contribution is -0.129. The molecule has 1 aliphatic carbocycles. The molecule has 2 aliphatic rings.